The number of carbonyl (C=O) groups is 1. The fourth-order valence-electron chi connectivity index (χ4n) is 2.63. The molecule has 2 aliphatic carbocycles. The van der Waals surface area contributed by atoms with E-state index in [1.165, 1.54) is 0 Å². The maximum atomic E-state index is 11.6. The lowest BCUT2D eigenvalue weighted by Crippen LogP contribution is -2.30. The number of aliphatic hydroxyl groups is 2. The zero-order valence-electron chi connectivity index (χ0n) is 10.6. The van der Waals surface area contributed by atoms with Crippen LogP contribution in [0.5, 0.6) is 0 Å². The minimum atomic E-state index is -0.599. The lowest BCUT2D eigenvalue weighted by atomic mass is 9.95. The van der Waals surface area contributed by atoms with Gasteiger partial charge in [0.25, 0.3) is 0 Å². The fraction of sp³-hybridized carbons (Fsp3) is 0.923. The second kappa shape index (κ2) is 6.38. The summed E-state index contributed by atoms with van der Waals surface area (Å²) in [6.45, 7) is 0. The number of rotatable bonds is 2. The van der Waals surface area contributed by atoms with Gasteiger partial charge in [0.15, 0.2) is 0 Å². The number of carbonyl (C=O) groups excluding carboxylic acids is 1. The van der Waals surface area contributed by atoms with Gasteiger partial charge in [-0.3, -0.25) is 0 Å². The standard InChI is InChI=1S/C13H22O5/c14-9-1-5-11(6-2-9)17-13(16)18-12-7-3-10(15)4-8-12/h9-12,14-15H,1-8H2. The van der Waals surface area contributed by atoms with Crippen molar-refractivity contribution in [2.75, 3.05) is 0 Å². The molecule has 5 nitrogen and oxygen atoms in total. The SMILES string of the molecule is O=C(OC1CCC(O)CC1)OC1CCC(O)CC1. The van der Waals surface area contributed by atoms with Crippen LogP contribution in [0.1, 0.15) is 51.4 Å². The van der Waals surface area contributed by atoms with Crippen LogP contribution in [-0.2, 0) is 9.47 Å². The first kappa shape index (κ1) is 13.6. The fourth-order valence-corrected chi connectivity index (χ4v) is 2.63. The number of hydrogen-bond donors (Lipinski definition) is 2. The van der Waals surface area contributed by atoms with Gasteiger partial charge in [0, 0.05) is 0 Å². The lowest BCUT2D eigenvalue weighted by molar-refractivity contribution is -0.0382. The smallest absolute Gasteiger partial charge is 0.431 e. The number of hydrogen-bond acceptors (Lipinski definition) is 5. The van der Waals surface area contributed by atoms with Gasteiger partial charge in [-0.15, -0.1) is 0 Å². The van der Waals surface area contributed by atoms with Gasteiger partial charge in [-0.25, -0.2) is 4.79 Å². The molecule has 0 aliphatic heterocycles. The van der Waals surface area contributed by atoms with E-state index in [4.69, 9.17) is 9.47 Å². The minimum absolute atomic E-state index is 0.116. The Morgan fingerprint density at radius 2 is 1.06 bits per heavy atom. The summed E-state index contributed by atoms with van der Waals surface area (Å²) in [6.07, 6.45) is 4.25. The largest absolute Gasteiger partial charge is 0.508 e. The molecule has 0 amide bonds. The van der Waals surface area contributed by atoms with Gasteiger partial charge < -0.3 is 19.7 Å². The molecular weight excluding hydrogens is 236 g/mol. The van der Waals surface area contributed by atoms with Crippen molar-refractivity contribution in [3.8, 4) is 0 Å². The van der Waals surface area contributed by atoms with Crippen LogP contribution < -0.4 is 0 Å². The van der Waals surface area contributed by atoms with Gasteiger partial charge >= 0.3 is 6.16 Å². The third kappa shape index (κ3) is 4.14. The summed E-state index contributed by atoms with van der Waals surface area (Å²) in [7, 11) is 0. The highest BCUT2D eigenvalue weighted by molar-refractivity contribution is 5.60. The van der Waals surface area contributed by atoms with Gasteiger partial charge in [-0.2, -0.15) is 0 Å². The molecule has 0 heterocycles. The van der Waals surface area contributed by atoms with Gasteiger partial charge in [-0.05, 0) is 51.4 Å². The van der Waals surface area contributed by atoms with E-state index >= 15 is 0 Å². The van der Waals surface area contributed by atoms with Crippen LogP contribution >= 0.6 is 0 Å². The molecule has 0 aromatic carbocycles. The van der Waals surface area contributed by atoms with E-state index in [0.29, 0.717) is 51.4 Å². The summed E-state index contributed by atoms with van der Waals surface area (Å²) >= 11 is 0. The van der Waals surface area contributed by atoms with Crippen molar-refractivity contribution in [2.24, 2.45) is 0 Å². The van der Waals surface area contributed by atoms with E-state index in [1.54, 1.807) is 0 Å². The molecule has 2 aliphatic rings. The molecule has 2 N–H and O–H groups in total. The van der Waals surface area contributed by atoms with E-state index in [1.807, 2.05) is 0 Å². The van der Waals surface area contributed by atoms with Crippen LogP contribution in [0, 0.1) is 0 Å². The molecule has 18 heavy (non-hydrogen) atoms. The highest BCUT2D eigenvalue weighted by Gasteiger charge is 2.26. The van der Waals surface area contributed by atoms with Crippen molar-refractivity contribution < 1.29 is 24.5 Å². The summed E-state index contributed by atoms with van der Waals surface area (Å²) < 4.78 is 10.5. The Labute approximate surface area is 107 Å². The molecule has 0 radical (unpaired) electrons. The van der Waals surface area contributed by atoms with Crippen LogP contribution in [0.3, 0.4) is 0 Å². The molecule has 104 valence electrons. The molecular formula is C13H22O5. The molecule has 2 rings (SSSR count). The molecule has 0 atom stereocenters. The zero-order valence-corrected chi connectivity index (χ0v) is 10.6. The minimum Gasteiger partial charge on any atom is -0.431 e. The molecule has 0 aromatic heterocycles. The summed E-state index contributed by atoms with van der Waals surface area (Å²) in [5.74, 6) is 0. The first-order valence-electron chi connectivity index (χ1n) is 6.87. The van der Waals surface area contributed by atoms with Crippen molar-refractivity contribution in [2.45, 2.75) is 75.8 Å². The lowest BCUT2D eigenvalue weighted by Gasteiger charge is -2.28. The quantitative estimate of drug-likeness (QED) is 0.738. The van der Waals surface area contributed by atoms with E-state index < -0.39 is 6.16 Å². The van der Waals surface area contributed by atoms with Crippen molar-refractivity contribution in [3.63, 3.8) is 0 Å². The van der Waals surface area contributed by atoms with Crippen LogP contribution in [0.4, 0.5) is 4.79 Å². The molecule has 2 saturated carbocycles. The van der Waals surface area contributed by atoms with E-state index in [0.717, 1.165) is 0 Å². The first-order valence-corrected chi connectivity index (χ1v) is 6.87. The summed E-state index contributed by atoms with van der Waals surface area (Å²) in [6, 6.07) is 0. The van der Waals surface area contributed by atoms with Crippen LogP contribution in [0.25, 0.3) is 0 Å². The van der Waals surface area contributed by atoms with Crippen molar-refractivity contribution >= 4 is 6.16 Å². The zero-order chi connectivity index (χ0) is 13.0. The topological polar surface area (TPSA) is 76.0 Å². The van der Waals surface area contributed by atoms with Crippen molar-refractivity contribution in [3.05, 3.63) is 0 Å². The Bertz CT molecular complexity index is 239. The Hall–Kier alpha value is -0.810. The second-order valence-corrected chi connectivity index (χ2v) is 5.35. The first-order chi connectivity index (χ1) is 8.63. The average molecular weight is 258 g/mol. The molecule has 0 spiro atoms. The van der Waals surface area contributed by atoms with Gasteiger partial charge in [0.2, 0.25) is 0 Å². The van der Waals surface area contributed by atoms with Gasteiger partial charge in [-0.1, -0.05) is 0 Å². The third-order valence-corrected chi connectivity index (χ3v) is 3.81. The maximum Gasteiger partial charge on any atom is 0.508 e. The van der Waals surface area contributed by atoms with E-state index in [-0.39, 0.29) is 24.4 Å². The Morgan fingerprint density at radius 3 is 1.39 bits per heavy atom. The molecule has 0 aromatic rings. The highest BCUT2D eigenvalue weighted by atomic mass is 16.7. The van der Waals surface area contributed by atoms with Crippen LogP contribution in [0.15, 0.2) is 0 Å². The normalized spacial score (nSPS) is 37.0. The molecule has 5 heteroatoms. The van der Waals surface area contributed by atoms with E-state index in [9.17, 15) is 15.0 Å². The van der Waals surface area contributed by atoms with Crippen LogP contribution in [-0.4, -0.2) is 40.8 Å². The molecule has 0 unspecified atom stereocenters. The van der Waals surface area contributed by atoms with Crippen molar-refractivity contribution in [1.29, 1.82) is 0 Å². The van der Waals surface area contributed by atoms with Crippen LogP contribution in [0.2, 0.25) is 0 Å². The molecule has 2 fully saturated rings. The summed E-state index contributed by atoms with van der Waals surface area (Å²) in [5, 5.41) is 18.7. The van der Waals surface area contributed by atoms with Crippen molar-refractivity contribution in [1.82, 2.24) is 0 Å². The third-order valence-electron chi connectivity index (χ3n) is 3.81. The predicted octanol–water partition coefficient (Wildman–Crippen LogP) is 1.75. The number of ether oxygens (including phenoxy) is 2. The average Bonchev–Trinajstić information content (AvgIpc) is 2.35. The van der Waals surface area contributed by atoms with E-state index in [2.05, 4.69) is 0 Å². The Balaban J connectivity index is 1.66. The van der Waals surface area contributed by atoms with Gasteiger partial charge in [0.05, 0.1) is 12.2 Å². The Morgan fingerprint density at radius 1 is 0.722 bits per heavy atom. The predicted molar refractivity (Wildman–Crippen MR) is 64.1 cm³/mol. The highest BCUT2D eigenvalue weighted by Crippen LogP contribution is 2.24. The van der Waals surface area contributed by atoms with Gasteiger partial charge in [0.1, 0.15) is 12.2 Å². The number of aliphatic hydroxyl groups excluding tert-OH is 2. The molecule has 0 saturated heterocycles. The monoisotopic (exact) mass is 258 g/mol. The molecule has 0 bridgehead atoms. The summed E-state index contributed by atoms with van der Waals surface area (Å²) in [4.78, 5) is 11.6. The second-order valence-electron chi connectivity index (χ2n) is 5.35. The Kier molecular flexibility index (Phi) is 4.83. The maximum absolute atomic E-state index is 11.6. The summed E-state index contributed by atoms with van der Waals surface area (Å²) in [5.41, 5.74) is 0.